The van der Waals surface area contributed by atoms with E-state index >= 15 is 0 Å². The number of ether oxygens (including phenoxy) is 2. The molecule has 39 heavy (non-hydrogen) atoms. The average molecular weight is 545 g/mol. The molecular formula is C27H28O12. The number of hydrogen-bond donors (Lipinski definition) is 7. The van der Waals surface area contributed by atoms with Gasteiger partial charge < -0.3 is 45.2 Å². The number of methoxy groups -OCH3 is 2. The second-order valence-electron chi connectivity index (χ2n) is 9.20. The van der Waals surface area contributed by atoms with Crippen LogP contribution >= 0.6 is 0 Å². The lowest BCUT2D eigenvalue weighted by Gasteiger charge is -2.49. The van der Waals surface area contributed by atoms with Crippen LogP contribution in [-0.2, 0) is 14.4 Å². The molecule has 12 heteroatoms. The smallest absolute Gasteiger partial charge is 0.335 e. The van der Waals surface area contributed by atoms with Gasteiger partial charge in [0.1, 0.15) is 6.10 Å². The first-order valence-electron chi connectivity index (χ1n) is 11.5. The maximum absolute atomic E-state index is 13.1. The number of carbonyl (C=O) groups excluding carboxylic acids is 2. The number of carbonyl (C=O) groups is 3. The van der Waals surface area contributed by atoms with Crippen molar-refractivity contribution >= 4 is 29.7 Å². The maximum atomic E-state index is 13.1. The summed E-state index contributed by atoms with van der Waals surface area (Å²) < 4.78 is 9.95. The molecule has 1 aliphatic carbocycles. The minimum Gasteiger partial charge on any atom is -0.504 e. The van der Waals surface area contributed by atoms with E-state index in [2.05, 4.69) is 0 Å². The zero-order valence-electron chi connectivity index (χ0n) is 20.9. The van der Waals surface area contributed by atoms with Crippen LogP contribution in [-0.4, -0.2) is 90.4 Å². The number of aliphatic carboxylic acids is 1. The van der Waals surface area contributed by atoms with Crippen LogP contribution in [0.3, 0.4) is 0 Å². The Balaban J connectivity index is 1.97. The number of ketones is 2. The molecule has 0 unspecified atom stereocenters. The number of phenolic OH excluding ortho intramolecular Hbond substituents is 2. The van der Waals surface area contributed by atoms with Crippen molar-refractivity contribution in [3.8, 4) is 23.0 Å². The summed E-state index contributed by atoms with van der Waals surface area (Å²) in [5.41, 5.74) is -8.55. The van der Waals surface area contributed by atoms with Gasteiger partial charge in [-0.05, 0) is 47.5 Å². The number of carboxylic acid groups (broad SMARTS) is 1. The lowest BCUT2D eigenvalue weighted by Crippen LogP contribution is -2.72. The first-order chi connectivity index (χ1) is 18.2. The van der Waals surface area contributed by atoms with Gasteiger partial charge in [-0.25, -0.2) is 4.79 Å². The monoisotopic (exact) mass is 544 g/mol. The third-order valence-corrected chi connectivity index (χ3v) is 6.54. The highest BCUT2D eigenvalue weighted by atomic mass is 16.5. The van der Waals surface area contributed by atoms with Crippen LogP contribution in [0.4, 0.5) is 0 Å². The second kappa shape index (κ2) is 10.9. The standard InChI is InChI=1S/C27H28O12/c1-38-19-11-15(3-7-17(19)28)5-9-21(30)26(36)13-25(35,24(33)34)14-27(37,23(26)32)22(31)10-6-16-4-8-18(29)20(12-16)39-2/h3-12,23,28-29,32,35-37H,13-14H2,1-2H3,(H,33,34)/b9-5+,10-6+/t23?,25?,26-,27-/m0/s1. The first-order valence-corrected chi connectivity index (χ1v) is 11.5. The van der Waals surface area contributed by atoms with E-state index in [9.17, 15) is 50.1 Å². The molecule has 3 rings (SSSR count). The molecule has 0 aromatic heterocycles. The van der Waals surface area contributed by atoms with E-state index in [-0.39, 0.29) is 23.0 Å². The Labute approximate surface area is 222 Å². The van der Waals surface area contributed by atoms with Crippen molar-refractivity contribution in [3.63, 3.8) is 0 Å². The summed E-state index contributed by atoms with van der Waals surface area (Å²) in [5.74, 6) is -4.78. The van der Waals surface area contributed by atoms with Crippen LogP contribution in [0, 0.1) is 0 Å². The molecule has 0 saturated heterocycles. The Morgan fingerprint density at radius 3 is 1.51 bits per heavy atom. The van der Waals surface area contributed by atoms with Crippen LogP contribution in [0.2, 0.25) is 0 Å². The van der Waals surface area contributed by atoms with Crippen molar-refractivity contribution in [3.05, 3.63) is 59.7 Å². The van der Waals surface area contributed by atoms with Crippen molar-refractivity contribution in [1.29, 1.82) is 0 Å². The van der Waals surface area contributed by atoms with Gasteiger partial charge in [0.25, 0.3) is 0 Å². The molecule has 0 bridgehead atoms. The quantitative estimate of drug-likeness (QED) is 0.214. The molecule has 0 spiro atoms. The minimum absolute atomic E-state index is 0.0688. The predicted octanol–water partition coefficient (Wildman–Crippen LogP) is 0.412. The summed E-state index contributed by atoms with van der Waals surface area (Å²) >= 11 is 0. The highest BCUT2D eigenvalue weighted by molar-refractivity contribution is 6.06. The molecule has 0 radical (unpaired) electrons. The number of aliphatic hydroxyl groups is 4. The predicted molar refractivity (Wildman–Crippen MR) is 135 cm³/mol. The molecule has 0 heterocycles. The lowest BCUT2D eigenvalue weighted by molar-refractivity contribution is -0.235. The Bertz CT molecular complexity index is 1250. The number of aromatic hydroxyl groups is 2. The Hall–Kier alpha value is -4.23. The van der Waals surface area contributed by atoms with Gasteiger partial charge in [-0.15, -0.1) is 0 Å². The van der Waals surface area contributed by atoms with Gasteiger partial charge in [-0.1, -0.05) is 24.3 Å². The third-order valence-electron chi connectivity index (χ3n) is 6.54. The number of hydrogen-bond acceptors (Lipinski definition) is 11. The highest BCUT2D eigenvalue weighted by Crippen LogP contribution is 2.43. The molecule has 1 saturated carbocycles. The highest BCUT2D eigenvalue weighted by Gasteiger charge is 2.66. The van der Waals surface area contributed by atoms with E-state index in [0.29, 0.717) is 11.1 Å². The molecule has 1 aliphatic rings. The zero-order valence-corrected chi connectivity index (χ0v) is 20.9. The molecule has 12 nitrogen and oxygen atoms in total. The number of aliphatic hydroxyl groups excluding tert-OH is 1. The largest absolute Gasteiger partial charge is 0.504 e. The van der Waals surface area contributed by atoms with Gasteiger partial charge in [-0.3, -0.25) is 9.59 Å². The van der Waals surface area contributed by atoms with Crippen molar-refractivity contribution in [2.75, 3.05) is 14.2 Å². The second-order valence-corrected chi connectivity index (χ2v) is 9.20. The SMILES string of the molecule is COc1cc(/C=C/C(=O)[C@@]2(O)CC(O)(C(=O)O)C[C@](O)(C(=O)/C=C/c3ccc(O)c(OC)c3)C2O)ccc1O. The summed E-state index contributed by atoms with van der Waals surface area (Å²) in [7, 11) is 2.60. The van der Waals surface area contributed by atoms with Gasteiger partial charge in [0, 0.05) is 12.8 Å². The van der Waals surface area contributed by atoms with E-state index in [1.807, 2.05) is 0 Å². The molecular weight excluding hydrogens is 516 g/mol. The molecule has 0 amide bonds. The normalized spacial score (nSPS) is 27.0. The van der Waals surface area contributed by atoms with E-state index in [0.717, 1.165) is 24.3 Å². The third kappa shape index (κ3) is 5.64. The molecule has 2 atom stereocenters. The topological polar surface area (TPSA) is 211 Å². The molecule has 2 aromatic rings. The van der Waals surface area contributed by atoms with Crippen LogP contribution < -0.4 is 9.47 Å². The summed E-state index contributed by atoms with van der Waals surface area (Å²) in [6.45, 7) is 0. The van der Waals surface area contributed by atoms with Crippen molar-refractivity contribution in [2.24, 2.45) is 0 Å². The Kier molecular flexibility index (Phi) is 8.17. The molecule has 2 aromatic carbocycles. The lowest BCUT2D eigenvalue weighted by atomic mass is 9.62. The fraction of sp³-hybridized carbons (Fsp3) is 0.296. The van der Waals surface area contributed by atoms with Gasteiger partial charge in [0.2, 0.25) is 0 Å². The fourth-order valence-electron chi connectivity index (χ4n) is 4.37. The number of rotatable bonds is 9. The zero-order chi connectivity index (χ0) is 29.2. The van der Waals surface area contributed by atoms with E-state index in [4.69, 9.17) is 9.47 Å². The molecule has 208 valence electrons. The van der Waals surface area contributed by atoms with E-state index < -0.39 is 53.3 Å². The first kappa shape index (κ1) is 29.3. The summed E-state index contributed by atoms with van der Waals surface area (Å²) in [6.07, 6.45) is -1.15. The number of benzene rings is 2. The number of phenols is 2. The maximum Gasteiger partial charge on any atom is 0.335 e. The van der Waals surface area contributed by atoms with Crippen LogP contribution in [0.5, 0.6) is 23.0 Å². The van der Waals surface area contributed by atoms with Crippen LogP contribution in [0.25, 0.3) is 12.2 Å². The fourth-order valence-corrected chi connectivity index (χ4v) is 4.37. The van der Waals surface area contributed by atoms with Gasteiger partial charge in [0.15, 0.2) is 51.4 Å². The van der Waals surface area contributed by atoms with Crippen LogP contribution in [0.15, 0.2) is 48.6 Å². The summed E-state index contributed by atoms with van der Waals surface area (Å²) in [4.78, 5) is 38.0. The van der Waals surface area contributed by atoms with Gasteiger partial charge in [-0.2, -0.15) is 0 Å². The summed E-state index contributed by atoms with van der Waals surface area (Å²) in [6, 6.07) is 8.00. The van der Waals surface area contributed by atoms with E-state index in [1.54, 1.807) is 0 Å². The molecule has 1 fully saturated rings. The molecule has 0 aliphatic heterocycles. The van der Waals surface area contributed by atoms with Crippen molar-refractivity contribution < 1.29 is 59.6 Å². The summed E-state index contributed by atoms with van der Waals surface area (Å²) in [5, 5.41) is 73.0. The Morgan fingerprint density at radius 2 is 1.18 bits per heavy atom. The van der Waals surface area contributed by atoms with Crippen LogP contribution in [0.1, 0.15) is 24.0 Å². The van der Waals surface area contributed by atoms with Crippen molar-refractivity contribution in [2.45, 2.75) is 35.7 Å². The van der Waals surface area contributed by atoms with Crippen molar-refractivity contribution in [1.82, 2.24) is 0 Å². The minimum atomic E-state index is -3.09. The van der Waals surface area contributed by atoms with Gasteiger partial charge in [0.05, 0.1) is 14.2 Å². The van der Waals surface area contributed by atoms with Gasteiger partial charge >= 0.3 is 5.97 Å². The average Bonchev–Trinajstić information content (AvgIpc) is 2.90. The van der Waals surface area contributed by atoms with E-state index in [1.165, 1.54) is 50.6 Å². The Morgan fingerprint density at radius 1 is 0.795 bits per heavy atom. The molecule has 7 N–H and O–H groups in total. The number of carboxylic acids is 1.